The van der Waals surface area contributed by atoms with Crippen LogP contribution in [0.2, 0.25) is 0 Å². The molecule has 4 heteroatoms. The van der Waals surface area contributed by atoms with Crippen molar-refractivity contribution in [3.8, 4) is 0 Å². The maximum Gasteiger partial charge on any atom is 0.294 e. The van der Waals surface area contributed by atoms with Gasteiger partial charge in [0.2, 0.25) is 0 Å². The topological polar surface area (TPSA) is 67.8 Å². The van der Waals surface area contributed by atoms with Crippen LogP contribution in [0.4, 0.5) is 0 Å². The quantitative estimate of drug-likeness (QED) is 0.544. The van der Waals surface area contributed by atoms with Gasteiger partial charge in [-0.15, -0.1) is 5.11 Å². The number of rotatable bonds is 1. The van der Waals surface area contributed by atoms with Crippen molar-refractivity contribution in [1.29, 1.82) is 0 Å². The van der Waals surface area contributed by atoms with Crippen LogP contribution in [0.25, 0.3) is 0 Å². The molecule has 0 saturated carbocycles. The van der Waals surface area contributed by atoms with Crippen LogP contribution in [0.15, 0.2) is 22.0 Å². The molecule has 0 spiro atoms. The second kappa shape index (κ2) is 2.06. The summed E-state index contributed by atoms with van der Waals surface area (Å²) in [4.78, 5) is 10.6. The van der Waals surface area contributed by atoms with E-state index in [0.29, 0.717) is 5.57 Å². The maximum absolute atomic E-state index is 10.6. The summed E-state index contributed by atoms with van der Waals surface area (Å²) >= 11 is 0. The summed E-state index contributed by atoms with van der Waals surface area (Å²) in [6.07, 6.45) is 1.40. The summed E-state index contributed by atoms with van der Waals surface area (Å²) in [5, 5.41) is 6.65. The van der Waals surface area contributed by atoms with Crippen molar-refractivity contribution in [2.75, 3.05) is 0 Å². The van der Waals surface area contributed by atoms with Crippen LogP contribution in [-0.2, 0) is 4.79 Å². The van der Waals surface area contributed by atoms with Gasteiger partial charge >= 0.3 is 0 Å². The first-order valence-electron chi connectivity index (χ1n) is 2.62. The summed E-state index contributed by atoms with van der Waals surface area (Å²) in [5.41, 5.74) is 5.86. The fraction of sp³-hybridized carbons (Fsp3) is 0.400. The Morgan fingerprint density at radius 3 is 2.67 bits per heavy atom. The van der Waals surface area contributed by atoms with E-state index in [0.717, 1.165) is 0 Å². The Morgan fingerprint density at radius 2 is 2.44 bits per heavy atom. The molecule has 0 radical (unpaired) electrons. The van der Waals surface area contributed by atoms with Crippen LogP contribution in [0, 0.1) is 0 Å². The first-order chi connectivity index (χ1) is 4.22. The average Bonchev–Trinajstić information content (AvgIpc) is 2.13. The minimum absolute atomic E-state index is 0.257. The highest BCUT2D eigenvalue weighted by atomic mass is 16.2. The molecule has 4 nitrogen and oxygen atoms in total. The van der Waals surface area contributed by atoms with E-state index in [2.05, 4.69) is 10.2 Å². The van der Waals surface area contributed by atoms with Gasteiger partial charge in [-0.25, -0.2) is 0 Å². The lowest BCUT2D eigenvalue weighted by atomic mass is 10.1. The number of nitrogens with two attached hydrogens (primary N) is 1. The summed E-state index contributed by atoms with van der Waals surface area (Å²) in [6, 6.07) is -0.257. The van der Waals surface area contributed by atoms with Crippen molar-refractivity contribution >= 4 is 5.91 Å². The monoisotopic (exact) mass is 125 g/mol. The zero-order chi connectivity index (χ0) is 6.85. The highest BCUT2D eigenvalue weighted by Gasteiger charge is 2.16. The third kappa shape index (κ3) is 1.02. The lowest BCUT2D eigenvalue weighted by Crippen LogP contribution is -2.21. The number of azo groups is 1. The number of hydrogen-bond donors (Lipinski definition) is 1. The van der Waals surface area contributed by atoms with E-state index in [4.69, 9.17) is 5.73 Å². The normalized spacial score (nSPS) is 20.2. The number of carbonyl (C=O) groups is 1. The molecule has 1 heterocycles. The van der Waals surface area contributed by atoms with E-state index in [1.165, 1.54) is 6.20 Å². The molecule has 0 fully saturated rings. The average molecular weight is 125 g/mol. The Labute approximate surface area is 52.5 Å². The first-order valence-corrected chi connectivity index (χ1v) is 2.62. The third-order valence-corrected chi connectivity index (χ3v) is 1.08. The van der Waals surface area contributed by atoms with Gasteiger partial charge in [-0.3, -0.25) is 4.79 Å². The first kappa shape index (κ1) is 6.10. The van der Waals surface area contributed by atoms with Gasteiger partial charge < -0.3 is 5.73 Å². The standard InChI is InChI=1S/C5H7N3O/c1-3(6)4-2-7-8-5(4)9/h2-3H,6H2,1H3. The lowest BCUT2D eigenvalue weighted by molar-refractivity contribution is -0.114. The molecule has 1 unspecified atom stereocenters. The van der Waals surface area contributed by atoms with Crippen LogP contribution in [0.3, 0.4) is 0 Å². The van der Waals surface area contributed by atoms with E-state index < -0.39 is 0 Å². The molecule has 1 aliphatic heterocycles. The van der Waals surface area contributed by atoms with Crippen LogP contribution >= 0.6 is 0 Å². The van der Waals surface area contributed by atoms with E-state index in [9.17, 15) is 4.79 Å². The van der Waals surface area contributed by atoms with E-state index in [-0.39, 0.29) is 11.9 Å². The maximum atomic E-state index is 10.6. The highest BCUT2D eigenvalue weighted by molar-refractivity contribution is 5.96. The second-order valence-corrected chi connectivity index (χ2v) is 1.89. The molecule has 1 atom stereocenters. The zero-order valence-electron chi connectivity index (χ0n) is 5.03. The smallest absolute Gasteiger partial charge is 0.294 e. The number of nitrogens with zero attached hydrogens (tertiary/aromatic N) is 2. The van der Waals surface area contributed by atoms with Crippen molar-refractivity contribution in [1.82, 2.24) is 0 Å². The molecule has 0 aromatic carbocycles. The molecule has 48 valence electrons. The number of amides is 1. The second-order valence-electron chi connectivity index (χ2n) is 1.89. The molecule has 0 bridgehead atoms. The molecule has 1 amide bonds. The fourth-order valence-electron chi connectivity index (χ4n) is 0.569. The molecule has 1 rings (SSSR count). The molecule has 0 saturated heterocycles. The van der Waals surface area contributed by atoms with Gasteiger partial charge in [-0.2, -0.15) is 5.11 Å². The van der Waals surface area contributed by atoms with Gasteiger partial charge in [-0.1, -0.05) is 0 Å². The van der Waals surface area contributed by atoms with Crippen LogP contribution in [-0.4, -0.2) is 11.9 Å². The fourth-order valence-corrected chi connectivity index (χ4v) is 0.569. The van der Waals surface area contributed by atoms with Gasteiger partial charge in [0, 0.05) is 6.04 Å². The zero-order valence-corrected chi connectivity index (χ0v) is 5.03. The van der Waals surface area contributed by atoms with Crippen molar-refractivity contribution < 1.29 is 4.79 Å². The predicted molar refractivity (Wildman–Crippen MR) is 31.6 cm³/mol. The van der Waals surface area contributed by atoms with Gasteiger partial charge in [0.25, 0.3) is 5.91 Å². The van der Waals surface area contributed by atoms with Crippen LogP contribution in [0.1, 0.15) is 6.92 Å². The summed E-state index contributed by atoms with van der Waals surface area (Å²) in [5.74, 6) is -0.315. The lowest BCUT2D eigenvalue weighted by Gasteiger charge is -1.99. The summed E-state index contributed by atoms with van der Waals surface area (Å²) in [7, 11) is 0. The van der Waals surface area contributed by atoms with Gasteiger partial charge in [-0.05, 0) is 6.92 Å². The van der Waals surface area contributed by atoms with Crippen molar-refractivity contribution in [2.45, 2.75) is 13.0 Å². The third-order valence-electron chi connectivity index (χ3n) is 1.08. The Balaban J connectivity index is 2.76. The van der Waals surface area contributed by atoms with Crippen molar-refractivity contribution in [2.24, 2.45) is 16.0 Å². The minimum atomic E-state index is -0.315. The Hall–Kier alpha value is -1.03. The van der Waals surface area contributed by atoms with Crippen LogP contribution < -0.4 is 5.73 Å². The molecule has 2 N–H and O–H groups in total. The molecule has 1 aliphatic rings. The summed E-state index contributed by atoms with van der Waals surface area (Å²) in [6.45, 7) is 1.72. The summed E-state index contributed by atoms with van der Waals surface area (Å²) < 4.78 is 0. The number of carbonyl (C=O) groups excluding carboxylic acids is 1. The van der Waals surface area contributed by atoms with Gasteiger partial charge in [0.05, 0.1) is 11.8 Å². The van der Waals surface area contributed by atoms with Crippen LogP contribution in [0.5, 0.6) is 0 Å². The van der Waals surface area contributed by atoms with Gasteiger partial charge in [0.15, 0.2) is 0 Å². The molecule has 0 aromatic rings. The van der Waals surface area contributed by atoms with E-state index >= 15 is 0 Å². The van der Waals surface area contributed by atoms with E-state index in [1.54, 1.807) is 6.92 Å². The number of hydrogen-bond acceptors (Lipinski definition) is 3. The Kier molecular flexibility index (Phi) is 1.40. The van der Waals surface area contributed by atoms with E-state index in [1.807, 2.05) is 0 Å². The molecule has 9 heavy (non-hydrogen) atoms. The molecule has 0 aromatic heterocycles. The minimum Gasteiger partial charge on any atom is -0.324 e. The largest absolute Gasteiger partial charge is 0.324 e. The van der Waals surface area contributed by atoms with Gasteiger partial charge in [0.1, 0.15) is 0 Å². The molecular formula is C5H7N3O. The van der Waals surface area contributed by atoms with Crippen molar-refractivity contribution in [3.63, 3.8) is 0 Å². The van der Waals surface area contributed by atoms with Crippen molar-refractivity contribution in [3.05, 3.63) is 11.8 Å². The predicted octanol–water partition coefficient (Wildman–Crippen LogP) is 0.210. The SMILES string of the molecule is CC(N)C1=CN=NC1=O. The molecular weight excluding hydrogens is 118 g/mol. The Bertz CT molecular complexity index is 192. The molecule has 0 aliphatic carbocycles. The highest BCUT2D eigenvalue weighted by Crippen LogP contribution is 2.08. The Morgan fingerprint density at radius 1 is 1.78 bits per heavy atom.